The van der Waals surface area contributed by atoms with Gasteiger partial charge >= 0.3 is 0 Å². The highest BCUT2D eigenvalue weighted by molar-refractivity contribution is 7.91. The van der Waals surface area contributed by atoms with Crippen LogP contribution in [0.25, 0.3) is 10.9 Å². The Labute approximate surface area is 123 Å². The molecule has 1 aliphatic rings. The van der Waals surface area contributed by atoms with Crippen molar-refractivity contribution in [3.05, 3.63) is 36.0 Å². The SMILES string of the molecule is Cc1cc2ccccc2n1CC(=O)N[C@@H]1CCS(=O)(=O)C1. The molecular formula is C15H18N2O3S. The standard InChI is InChI=1S/C15H18N2O3S/c1-11-8-12-4-2-3-5-14(12)17(11)9-15(18)16-13-6-7-21(19,20)10-13/h2-5,8,13H,6-7,9-10H2,1H3,(H,16,18)/t13-/m1/s1. The van der Waals surface area contributed by atoms with Crippen LogP contribution in [0.5, 0.6) is 0 Å². The van der Waals surface area contributed by atoms with Gasteiger partial charge in [0.25, 0.3) is 0 Å². The van der Waals surface area contributed by atoms with E-state index in [1.54, 1.807) is 0 Å². The van der Waals surface area contributed by atoms with Gasteiger partial charge in [-0.1, -0.05) is 18.2 Å². The van der Waals surface area contributed by atoms with Crippen LogP contribution in [-0.4, -0.2) is 36.4 Å². The predicted octanol–water partition coefficient (Wildman–Crippen LogP) is 1.25. The second kappa shape index (κ2) is 5.18. The monoisotopic (exact) mass is 306 g/mol. The van der Waals surface area contributed by atoms with Crippen molar-refractivity contribution in [2.24, 2.45) is 0 Å². The number of fused-ring (bicyclic) bond motifs is 1. The average Bonchev–Trinajstić information content (AvgIpc) is 2.90. The quantitative estimate of drug-likeness (QED) is 0.928. The van der Waals surface area contributed by atoms with Crippen molar-refractivity contribution in [1.82, 2.24) is 9.88 Å². The number of sulfone groups is 1. The number of carbonyl (C=O) groups is 1. The Hall–Kier alpha value is -1.82. The van der Waals surface area contributed by atoms with E-state index < -0.39 is 9.84 Å². The van der Waals surface area contributed by atoms with Gasteiger partial charge in [-0.15, -0.1) is 0 Å². The molecule has 0 bridgehead atoms. The first-order chi connectivity index (χ1) is 9.94. The Balaban J connectivity index is 1.74. The molecule has 0 radical (unpaired) electrons. The molecule has 1 amide bonds. The van der Waals surface area contributed by atoms with Gasteiger partial charge in [0.05, 0.1) is 11.5 Å². The van der Waals surface area contributed by atoms with Crippen LogP contribution in [0.15, 0.2) is 30.3 Å². The van der Waals surface area contributed by atoms with E-state index in [9.17, 15) is 13.2 Å². The first-order valence-corrected chi connectivity index (χ1v) is 8.81. The smallest absolute Gasteiger partial charge is 0.240 e. The molecule has 3 rings (SSSR count). The first-order valence-electron chi connectivity index (χ1n) is 6.99. The predicted molar refractivity (Wildman–Crippen MR) is 81.9 cm³/mol. The lowest BCUT2D eigenvalue weighted by Crippen LogP contribution is -2.37. The van der Waals surface area contributed by atoms with E-state index in [1.807, 2.05) is 41.8 Å². The molecule has 112 valence electrons. The maximum Gasteiger partial charge on any atom is 0.240 e. The van der Waals surface area contributed by atoms with E-state index in [0.29, 0.717) is 6.42 Å². The summed E-state index contributed by atoms with van der Waals surface area (Å²) >= 11 is 0. The molecule has 2 aromatic rings. The van der Waals surface area contributed by atoms with Crippen LogP contribution in [0, 0.1) is 6.92 Å². The Morgan fingerprint density at radius 1 is 1.38 bits per heavy atom. The molecule has 6 heteroatoms. The largest absolute Gasteiger partial charge is 0.351 e. The number of benzene rings is 1. The summed E-state index contributed by atoms with van der Waals surface area (Å²) in [4.78, 5) is 12.1. The summed E-state index contributed by atoms with van der Waals surface area (Å²) in [6.45, 7) is 2.18. The van der Waals surface area contributed by atoms with Crippen LogP contribution >= 0.6 is 0 Å². The average molecular weight is 306 g/mol. The fourth-order valence-electron chi connectivity index (χ4n) is 2.88. The summed E-state index contributed by atoms with van der Waals surface area (Å²) in [6, 6.07) is 9.71. The maximum atomic E-state index is 12.1. The topological polar surface area (TPSA) is 68.2 Å². The van der Waals surface area contributed by atoms with Gasteiger partial charge in [0.15, 0.2) is 9.84 Å². The molecule has 0 unspecified atom stereocenters. The Bertz CT molecular complexity index is 792. The number of rotatable bonds is 3. The molecule has 0 spiro atoms. The first kappa shape index (κ1) is 14.1. The summed E-state index contributed by atoms with van der Waals surface area (Å²) in [5.41, 5.74) is 2.04. The fraction of sp³-hybridized carbons (Fsp3) is 0.400. The van der Waals surface area contributed by atoms with E-state index >= 15 is 0 Å². The van der Waals surface area contributed by atoms with Gasteiger partial charge in [-0.3, -0.25) is 4.79 Å². The van der Waals surface area contributed by atoms with Gasteiger partial charge in [0.2, 0.25) is 5.91 Å². The normalized spacial score (nSPS) is 20.7. The number of amides is 1. The number of carbonyl (C=O) groups excluding carboxylic acids is 1. The third-order valence-electron chi connectivity index (χ3n) is 3.92. The van der Waals surface area contributed by atoms with Crippen molar-refractivity contribution in [2.75, 3.05) is 11.5 Å². The maximum absolute atomic E-state index is 12.1. The molecular weight excluding hydrogens is 288 g/mol. The number of aromatic nitrogens is 1. The van der Waals surface area contributed by atoms with Crippen molar-refractivity contribution >= 4 is 26.6 Å². The fourth-order valence-corrected chi connectivity index (χ4v) is 4.56. The molecule has 21 heavy (non-hydrogen) atoms. The number of nitrogens with one attached hydrogen (secondary N) is 1. The molecule has 1 atom stereocenters. The van der Waals surface area contributed by atoms with Crippen LogP contribution in [-0.2, 0) is 21.2 Å². The van der Waals surface area contributed by atoms with Gasteiger partial charge in [0.1, 0.15) is 6.54 Å². The van der Waals surface area contributed by atoms with Crippen LogP contribution in [0.3, 0.4) is 0 Å². The zero-order valence-corrected chi connectivity index (χ0v) is 12.7. The Morgan fingerprint density at radius 2 is 2.14 bits per heavy atom. The van der Waals surface area contributed by atoms with Gasteiger partial charge in [-0.2, -0.15) is 0 Å². The van der Waals surface area contributed by atoms with Gasteiger partial charge in [-0.25, -0.2) is 8.42 Å². The Kier molecular flexibility index (Phi) is 3.49. The minimum Gasteiger partial charge on any atom is -0.351 e. The lowest BCUT2D eigenvalue weighted by Gasteiger charge is -2.13. The summed E-state index contributed by atoms with van der Waals surface area (Å²) < 4.78 is 24.8. The van der Waals surface area contributed by atoms with E-state index in [-0.39, 0.29) is 30.0 Å². The highest BCUT2D eigenvalue weighted by Crippen LogP contribution is 2.19. The van der Waals surface area contributed by atoms with Crippen molar-refractivity contribution < 1.29 is 13.2 Å². The molecule has 2 heterocycles. The lowest BCUT2D eigenvalue weighted by molar-refractivity contribution is -0.122. The zero-order chi connectivity index (χ0) is 15.0. The highest BCUT2D eigenvalue weighted by Gasteiger charge is 2.28. The number of hydrogen-bond donors (Lipinski definition) is 1. The minimum absolute atomic E-state index is 0.0597. The summed E-state index contributed by atoms with van der Waals surface area (Å²) in [7, 11) is -2.97. The van der Waals surface area contributed by atoms with Crippen molar-refractivity contribution in [3.8, 4) is 0 Å². The molecule has 1 N–H and O–H groups in total. The van der Waals surface area contributed by atoms with Crippen LogP contribution in [0.4, 0.5) is 0 Å². The third-order valence-corrected chi connectivity index (χ3v) is 5.68. The van der Waals surface area contributed by atoms with E-state index in [4.69, 9.17) is 0 Å². The van der Waals surface area contributed by atoms with Crippen LogP contribution in [0.1, 0.15) is 12.1 Å². The van der Waals surface area contributed by atoms with Crippen LogP contribution in [0.2, 0.25) is 0 Å². The second-order valence-electron chi connectivity index (χ2n) is 5.60. The third kappa shape index (κ3) is 2.95. The molecule has 1 aliphatic heterocycles. The lowest BCUT2D eigenvalue weighted by atomic mass is 10.2. The van der Waals surface area contributed by atoms with Crippen LogP contribution < -0.4 is 5.32 Å². The van der Waals surface area contributed by atoms with Crippen molar-refractivity contribution in [3.63, 3.8) is 0 Å². The zero-order valence-electron chi connectivity index (χ0n) is 11.9. The van der Waals surface area contributed by atoms with Gasteiger partial charge in [0, 0.05) is 17.3 Å². The van der Waals surface area contributed by atoms with Crippen molar-refractivity contribution in [2.45, 2.75) is 25.9 Å². The molecule has 0 aliphatic carbocycles. The number of aryl methyl sites for hydroxylation is 1. The molecule has 5 nitrogen and oxygen atoms in total. The van der Waals surface area contributed by atoms with Crippen molar-refractivity contribution in [1.29, 1.82) is 0 Å². The molecule has 1 saturated heterocycles. The molecule has 1 aromatic carbocycles. The molecule has 1 fully saturated rings. The number of hydrogen-bond acceptors (Lipinski definition) is 3. The number of nitrogens with zero attached hydrogens (tertiary/aromatic N) is 1. The summed E-state index contributed by atoms with van der Waals surface area (Å²) in [5.74, 6) is 0.0923. The van der Waals surface area contributed by atoms with E-state index in [1.165, 1.54) is 0 Å². The second-order valence-corrected chi connectivity index (χ2v) is 7.83. The summed E-state index contributed by atoms with van der Waals surface area (Å²) in [5, 5.41) is 3.93. The minimum atomic E-state index is -2.97. The molecule has 0 saturated carbocycles. The Morgan fingerprint density at radius 3 is 2.86 bits per heavy atom. The van der Waals surface area contributed by atoms with E-state index in [2.05, 4.69) is 5.32 Å². The number of para-hydroxylation sites is 1. The highest BCUT2D eigenvalue weighted by atomic mass is 32.2. The van der Waals surface area contributed by atoms with Gasteiger partial charge in [-0.05, 0) is 30.9 Å². The summed E-state index contributed by atoms with van der Waals surface area (Å²) in [6.07, 6.45) is 0.513. The van der Waals surface area contributed by atoms with E-state index in [0.717, 1.165) is 16.6 Å². The molecule has 1 aromatic heterocycles. The van der Waals surface area contributed by atoms with Gasteiger partial charge < -0.3 is 9.88 Å².